The molecular formula is C4H10O4RuS2. The van der Waals surface area contributed by atoms with Crippen LogP contribution in [0.5, 0.6) is 0 Å². The van der Waals surface area contributed by atoms with Crippen molar-refractivity contribution < 1.29 is 31.5 Å². The quantitative estimate of drug-likeness (QED) is 0.670. The van der Waals surface area contributed by atoms with Gasteiger partial charge in [0.2, 0.25) is 0 Å². The number of hydrogen-bond donors (Lipinski definition) is 0. The predicted octanol–water partition coefficient (Wildman–Crippen LogP) is -0.232. The van der Waals surface area contributed by atoms with Crippen molar-refractivity contribution in [2.45, 2.75) is 13.8 Å². The molecule has 0 aromatic carbocycles. The van der Waals surface area contributed by atoms with Crippen molar-refractivity contribution in [1.29, 1.82) is 0 Å². The average Bonchev–Trinajstić information content (AvgIpc) is 1.86. The molecule has 0 aliphatic carbocycles. The van der Waals surface area contributed by atoms with Crippen molar-refractivity contribution in [3.05, 3.63) is 0 Å². The average molecular weight is 287 g/mol. The van der Waals surface area contributed by atoms with Crippen molar-refractivity contribution in [3.63, 3.8) is 0 Å². The summed E-state index contributed by atoms with van der Waals surface area (Å²) in [7, 11) is -6.57. The van der Waals surface area contributed by atoms with Crippen LogP contribution < -0.4 is 0 Å². The summed E-state index contributed by atoms with van der Waals surface area (Å²) in [5.41, 5.74) is 0. The van der Waals surface area contributed by atoms with Gasteiger partial charge >= 0.3 is 72.5 Å². The SMILES string of the molecule is CC[S](=O)(=O)[Ru][S](=O)(=O)CC. The van der Waals surface area contributed by atoms with Crippen LogP contribution in [0.1, 0.15) is 13.8 Å². The van der Waals surface area contributed by atoms with Gasteiger partial charge in [-0.15, -0.1) is 0 Å². The van der Waals surface area contributed by atoms with Crippen LogP contribution >= 0.6 is 0 Å². The minimum atomic E-state index is -3.29. The number of rotatable bonds is 4. The van der Waals surface area contributed by atoms with E-state index in [0.717, 1.165) is 0 Å². The first kappa shape index (κ1) is 11.5. The second-order valence-corrected chi connectivity index (χ2v) is 14.5. The van der Waals surface area contributed by atoms with E-state index in [1.54, 1.807) is 0 Å². The number of hydrogen-bond acceptors (Lipinski definition) is 4. The Kier molecular flexibility index (Phi) is 4.15. The molecule has 0 spiro atoms. The molecule has 70 valence electrons. The monoisotopic (exact) mass is 288 g/mol. The zero-order valence-electron chi connectivity index (χ0n) is 6.22. The van der Waals surface area contributed by atoms with E-state index in [1.807, 2.05) is 0 Å². The van der Waals surface area contributed by atoms with Crippen molar-refractivity contribution >= 4 is 15.7 Å². The third kappa shape index (κ3) is 4.87. The predicted molar refractivity (Wildman–Crippen MR) is 38.9 cm³/mol. The Labute approximate surface area is 72.5 Å². The van der Waals surface area contributed by atoms with Gasteiger partial charge in [0.25, 0.3) is 0 Å². The fraction of sp³-hybridized carbons (Fsp3) is 1.00. The van der Waals surface area contributed by atoms with Gasteiger partial charge in [-0.2, -0.15) is 0 Å². The molecule has 0 N–H and O–H groups in total. The second-order valence-electron chi connectivity index (χ2n) is 1.68. The Hall–Kier alpha value is 0.523. The van der Waals surface area contributed by atoms with Crippen LogP contribution in [-0.4, -0.2) is 28.3 Å². The van der Waals surface area contributed by atoms with Crippen LogP contribution in [0.4, 0.5) is 0 Å². The van der Waals surface area contributed by atoms with Crippen LogP contribution in [-0.2, 0) is 30.3 Å². The van der Waals surface area contributed by atoms with E-state index >= 15 is 0 Å². The topological polar surface area (TPSA) is 68.3 Å². The second kappa shape index (κ2) is 3.96. The molecule has 0 rings (SSSR count). The van der Waals surface area contributed by atoms with E-state index in [0.29, 0.717) is 0 Å². The molecule has 0 unspecified atom stereocenters. The van der Waals surface area contributed by atoms with Gasteiger partial charge in [0.05, 0.1) is 0 Å². The Morgan fingerprint density at radius 2 is 1.18 bits per heavy atom. The van der Waals surface area contributed by atoms with E-state index < -0.39 is 30.3 Å². The van der Waals surface area contributed by atoms with E-state index in [-0.39, 0.29) is 11.5 Å². The molecule has 0 aliphatic heterocycles. The summed E-state index contributed by atoms with van der Waals surface area (Å²) in [5.74, 6) is -0.158. The standard InChI is InChI=1S/2C2H5O2S.Ru/c2*1-2-5(3)4;/h2*2H2,1H3;. The van der Waals surface area contributed by atoms with Crippen LogP contribution in [0.25, 0.3) is 0 Å². The molecule has 0 saturated carbocycles. The fourth-order valence-electron chi connectivity index (χ4n) is 0.220. The molecule has 0 aromatic heterocycles. The van der Waals surface area contributed by atoms with Crippen molar-refractivity contribution in [1.82, 2.24) is 0 Å². The Morgan fingerprint density at radius 3 is 1.36 bits per heavy atom. The molecular weight excluding hydrogens is 277 g/mol. The van der Waals surface area contributed by atoms with Gasteiger partial charge in [-0.3, -0.25) is 0 Å². The molecule has 4 nitrogen and oxygen atoms in total. The zero-order chi connectivity index (χ0) is 9.12. The molecule has 0 atom stereocenters. The minimum absolute atomic E-state index is 0.0788. The summed E-state index contributed by atoms with van der Waals surface area (Å²) in [6.07, 6.45) is 0. The zero-order valence-corrected chi connectivity index (χ0v) is 9.59. The van der Waals surface area contributed by atoms with Crippen molar-refractivity contribution in [2.75, 3.05) is 11.5 Å². The van der Waals surface area contributed by atoms with Crippen molar-refractivity contribution in [2.24, 2.45) is 0 Å². The Bertz CT molecular complexity index is 269. The normalized spacial score (nSPS) is 13.6. The molecule has 7 heteroatoms. The van der Waals surface area contributed by atoms with Gasteiger partial charge < -0.3 is 0 Å². The van der Waals surface area contributed by atoms with Gasteiger partial charge in [-0.05, 0) is 0 Å². The first-order chi connectivity index (χ1) is 4.83. The molecule has 0 radical (unpaired) electrons. The van der Waals surface area contributed by atoms with Gasteiger partial charge in [-0.25, -0.2) is 0 Å². The van der Waals surface area contributed by atoms with E-state index in [4.69, 9.17) is 0 Å². The van der Waals surface area contributed by atoms with Gasteiger partial charge in [0.1, 0.15) is 0 Å². The molecule has 11 heavy (non-hydrogen) atoms. The summed E-state index contributed by atoms with van der Waals surface area (Å²) in [4.78, 5) is 0. The van der Waals surface area contributed by atoms with Crippen LogP contribution in [0.15, 0.2) is 0 Å². The summed E-state index contributed by atoms with van der Waals surface area (Å²) < 4.78 is 43.3. The maximum absolute atomic E-state index is 10.8. The Balaban J connectivity index is 4.54. The van der Waals surface area contributed by atoms with Gasteiger partial charge in [0, 0.05) is 0 Å². The molecule has 0 fully saturated rings. The molecule has 0 aromatic rings. The van der Waals surface area contributed by atoms with Crippen LogP contribution in [0.2, 0.25) is 0 Å². The molecule has 0 amide bonds. The third-order valence-corrected chi connectivity index (χ3v) is 14.6. The van der Waals surface area contributed by atoms with E-state index in [1.165, 1.54) is 13.8 Å². The fourth-order valence-corrected chi connectivity index (χ4v) is 11.7. The first-order valence-electron chi connectivity index (χ1n) is 2.95. The molecule has 0 saturated heterocycles. The molecule has 0 bridgehead atoms. The summed E-state index contributed by atoms with van der Waals surface area (Å²) in [6, 6.07) is 0. The van der Waals surface area contributed by atoms with Crippen molar-refractivity contribution in [3.8, 4) is 0 Å². The van der Waals surface area contributed by atoms with Gasteiger partial charge in [0.15, 0.2) is 0 Å². The van der Waals surface area contributed by atoms with E-state index in [9.17, 15) is 16.8 Å². The Morgan fingerprint density at radius 1 is 0.909 bits per heavy atom. The van der Waals surface area contributed by atoms with Gasteiger partial charge in [-0.1, -0.05) is 0 Å². The summed E-state index contributed by atoms with van der Waals surface area (Å²) >= 11 is -1.54. The summed E-state index contributed by atoms with van der Waals surface area (Å²) in [5, 5.41) is 0. The molecule has 0 heterocycles. The maximum atomic E-state index is 10.8. The van der Waals surface area contributed by atoms with E-state index in [2.05, 4.69) is 0 Å². The summed E-state index contributed by atoms with van der Waals surface area (Å²) in [6.45, 7) is 2.91. The third-order valence-electron chi connectivity index (χ3n) is 0.855. The van der Waals surface area contributed by atoms with Crippen LogP contribution in [0, 0.1) is 0 Å². The van der Waals surface area contributed by atoms with Crippen LogP contribution in [0.3, 0.4) is 0 Å². The molecule has 0 aliphatic rings. The first-order valence-corrected chi connectivity index (χ1v) is 10.3.